The maximum atomic E-state index is 12.4. The van der Waals surface area contributed by atoms with Crippen molar-refractivity contribution in [3.8, 4) is 0 Å². The molecule has 1 unspecified atom stereocenters. The number of hydrogen-bond donors (Lipinski definition) is 0. The first-order valence-electron chi connectivity index (χ1n) is 9.12. The molecule has 0 radical (unpaired) electrons. The number of aryl methyl sites for hydroxylation is 3. The van der Waals surface area contributed by atoms with Crippen LogP contribution in [0.3, 0.4) is 0 Å². The molecule has 0 saturated heterocycles. The zero-order valence-corrected chi connectivity index (χ0v) is 17.4. The highest BCUT2D eigenvalue weighted by atomic mass is 31.1. The number of carbonyl (C=O) groups is 2. The van der Waals surface area contributed by atoms with E-state index in [0.29, 0.717) is 45.4 Å². The van der Waals surface area contributed by atoms with Gasteiger partial charge in [-0.1, -0.05) is 17.7 Å². The highest BCUT2D eigenvalue weighted by Gasteiger charge is 2.13. The zero-order chi connectivity index (χ0) is 19.4. The summed E-state index contributed by atoms with van der Waals surface area (Å²) in [6, 6.07) is 4.08. The van der Waals surface area contributed by atoms with Crippen molar-refractivity contribution < 1.29 is 23.8 Å². The molecule has 0 bridgehead atoms. The van der Waals surface area contributed by atoms with E-state index in [9.17, 15) is 9.59 Å². The van der Waals surface area contributed by atoms with Gasteiger partial charge in [-0.3, -0.25) is 9.59 Å². The maximum absolute atomic E-state index is 12.4. The lowest BCUT2D eigenvalue weighted by atomic mass is 10.0. The van der Waals surface area contributed by atoms with Gasteiger partial charge in [0.2, 0.25) is 0 Å². The Hall–Kier alpha value is -1.29. The third kappa shape index (κ3) is 8.88. The molecule has 0 saturated carbocycles. The van der Waals surface area contributed by atoms with Crippen LogP contribution < -0.4 is 0 Å². The first-order chi connectivity index (χ1) is 12.5. The Morgan fingerprint density at radius 2 is 1.58 bits per heavy atom. The van der Waals surface area contributed by atoms with Crippen LogP contribution in [0.5, 0.6) is 0 Å². The van der Waals surface area contributed by atoms with Gasteiger partial charge in [0.25, 0.3) is 0 Å². The number of carbonyl (C=O) groups excluding carboxylic acids is 2. The molecule has 0 N–H and O–H groups in total. The van der Waals surface area contributed by atoms with E-state index in [-0.39, 0.29) is 26.7 Å². The number of hydrogen-bond acceptors (Lipinski definition) is 5. The lowest BCUT2D eigenvalue weighted by molar-refractivity contribution is -0.145. The Bertz CT molecular complexity index is 563. The number of rotatable bonds is 13. The Morgan fingerprint density at radius 1 is 0.962 bits per heavy atom. The molecule has 26 heavy (non-hydrogen) atoms. The summed E-state index contributed by atoms with van der Waals surface area (Å²) in [6.45, 7) is 10.3. The second kappa shape index (κ2) is 13.0. The van der Waals surface area contributed by atoms with Gasteiger partial charge in [-0.2, -0.15) is 0 Å². The van der Waals surface area contributed by atoms with E-state index in [1.807, 2.05) is 39.8 Å². The van der Waals surface area contributed by atoms with Crippen LogP contribution in [0, 0.1) is 20.8 Å². The van der Waals surface area contributed by atoms with Crippen molar-refractivity contribution in [1.82, 2.24) is 0 Å². The fourth-order valence-electron chi connectivity index (χ4n) is 2.71. The SMILES string of the molecule is CCOCCOCCOC(=O)CCCPC(=O)c1c(C)cc(C)cc1C. The summed E-state index contributed by atoms with van der Waals surface area (Å²) in [7, 11) is 0.189. The van der Waals surface area contributed by atoms with E-state index >= 15 is 0 Å². The molecule has 146 valence electrons. The van der Waals surface area contributed by atoms with Crippen LogP contribution in [0.25, 0.3) is 0 Å². The third-order valence-electron chi connectivity index (χ3n) is 3.81. The summed E-state index contributed by atoms with van der Waals surface area (Å²) < 4.78 is 15.5. The first kappa shape index (κ1) is 22.8. The van der Waals surface area contributed by atoms with Crippen molar-refractivity contribution in [1.29, 1.82) is 0 Å². The van der Waals surface area contributed by atoms with Crippen LogP contribution in [0.1, 0.15) is 46.8 Å². The normalized spacial score (nSPS) is 11.2. The molecule has 6 heteroatoms. The molecule has 0 aromatic heterocycles. The zero-order valence-electron chi connectivity index (χ0n) is 16.4. The van der Waals surface area contributed by atoms with E-state index in [2.05, 4.69) is 0 Å². The Balaban J connectivity index is 2.16. The third-order valence-corrected chi connectivity index (χ3v) is 4.99. The summed E-state index contributed by atoms with van der Waals surface area (Å²) in [5, 5.41) is 0. The molecular weight excluding hydrogens is 351 g/mol. The predicted octanol–water partition coefficient (Wildman–Crippen LogP) is 3.81. The van der Waals surface area contributed by atoms with E-state index in [1.165, 1.54) is 5.56 Å². The summed E-state index contributed by atoms with van der Waals surface area (Å²) in [6.07, 6.45) is 1.72. The average Bonchev–Trinajstić information content (AvgIpc) is 2.57. The molecule has 1 aromatic carbocycles. The average molecular weight is 382 g/mol. The second-order valence-corrected chi connectivity index (χ2v) is 7.47. The number of benzene rings is 1. The number of esters is 1. The van der Waals surface area contributed by atoms with Crippen LogP contribution in [-0.2, 0) is 19.0 Å². The van der Waals surface area contributed by atoms with Gasteiger partial charge in [0.15, 0.2) is 5.52 Å². The van der Waals surface area contributed by atoms with Gasteiger partial charge < -0.3 is 14.2 Å². The van der Waals surface area contributed by atoms with Crippen molar-refractivity contribution in [2.75, 3.05) is 39.2 Å². The maximum Gasteiger partial charge on any atom is 0.305 e. The smallest absolute Gasteiger partial charge is 0.305 e. The van der Waals surface area contributed by atoms with Crippen molar-refractivity contribution >= 4 is 20.1 Å². The van der Waals surface area contributed by atoms with E-state index in [1.54, 1.807) is 0 Å². The lowest BCUT2D eigenvalue weighted by Gasteiger charge is -2.10. The van der Waals surface area contributed by atoms with Gasteiger partial charge in [0.05, 0.1) is 19.8 Å². The molecule has 5 nitrogen and oxygen atoms in total. The van der Waals surface area contributed by atoms with Crippen LogP contribution in [-0.4, -0.2) is 50.7 Å². The molecule has 1 rings (SSSR count). The molecule has 0 aliphatic carbocycles. The quantitative estimate of drug-likeness (QED) is 0.295. The van der Waals surface area contributed by atoms with Crippen molar-refractivity contribution in [3.63, 3.8) is 0 Å². The van der Waals surface area contributed by atoms with Gasteiger partial charge in [-0.25, -0.2) is 0 Å². The van der Waals surface area contributed by atoms with Crippen LogP contribution in [0.15, 0.2) is 12.1 Å². The Morgan fingerprint density at radius 3 is 2.23 bits per heavy atom. The molecule has 0 aliphatic rings. The highest BCUT2D eigenvalue weighted by Crippen LogP contribution is 2.26. The van der Waals surface area contributed by atoms with Crippen LogP contribution in [0.4, 0.5) is 0 Å². The molecule has 0 amide bonds. The second-order valence-electron chi connectivity index (χ2n) is 6.16. The van der Waals surface area contributed by atoms with Gasteiger partial charge in [-0.15, -0.1) is 0 Å². The largest absolute Gasteiger partial charge is 0.463 e. The standard InChI is InChI=1S/C20H31O5P/c1-5-23-8-9-24-10-11-25-18(21)7-6-12-26-20(22)19-16(3)13-15(2)14-17(19)4/h13-14,26H,5-12H2,1-4H3. The Labute approximate surface area is 158 Å². The predicted molar refractivity (Wildman–Crippen MR) is 106 cm³/mol. The van der Waals surface area contributed by atoms with E-state index in [4.69, 9.17) is 14.2 Å². The monoisotopic (exact) mass is 382 g/mol. The fourth-order valence-corrected chi connectivity index (χ4v) is 3.86. The van der Waals surface area contributed by atoms with Crippen molar-refractivity contribution in [2.24, 2.45) is 0 Å². The minimum atomic E-state index is -0.238. The molecule has 1 atom stereocenters. The first-order valence-corrected chi connectivity index (χ1v) is 10.3. The summed E-state index contributed by atoms with van der Waals surface area (Å²) in [5.74, 6) is -0.238. The van der Waals surface area contributed by atoms with Crippen LogP contribution >= 0.6 is 8.58 Å². The summed E-state index contributed by atoms with van der Waals surface area (Å²) >= 11 is 0. The molecule has 0 heterocycles. The van der Waals surface area contributed by atoms with E-state index < -0.39 is 0 Å². The fraction of sp³-hybridized carbons (Fsp3) is 0.600. The number of ether oxygens (including phenoxy) is 3. The lowest BCUT2D eigenvalue weighted by Crippen LogP contribution is -2.13. The van der Waals surface area contributed by atoms with Crippen molar-refractivity contribution in [3.05, 3.63) is 34.4 Å². The van der Waals surface area contributed by atoms with Crippen LogP contribution in [0.2, 0.25) is 0 Å². The highest BCUT2D eigenvalue weighted by molar-refractivity contribution is 7.58. The molecule has 0 aliphatic heterocycles. The van der Waals surface area contributed by atoms with Gasteiger partial charge in [-0.05, 0) is 60.0 Å². The van der Waals surface area contributed by atoms with Gasteiger partial charge in [0, 0.05) is 18.6 Å². The summed E-state index contributed by atoms with van der Waals surface area (Å²) in [4.78, 5) is 24.1. The molecule has 0 fully saturated rings. The van der Waals surface area contributed by atoms with Crippen molar-refractivity contribution in [2.45, 2.75) is 40.5 Å². The summed E-state index contributed by atoms with van der Waals surface area (Å²) in [5.41, 5.74) is 4.24. The molecule has 0 spiro atoms. The molecular formula is C20H31O5P. The minimum Gasteiger partial charge on any atom is -0.463 e. The topological polar surface area (TPSA) is 61.8 Å². The van der Waals surface area contributed by atoms with Gasteiger partial charge in [0.1, 0.15) is 6.61 Å². The molecule has 1 aromatic rings. The minimum absolute atomic E-state index is 0.177. The van der Waals surface area contributed by atoms with E-state index in [0.717, 1.165) is 16.7 Å². The Kier molecular flexibility index (Phi) is 11.3. The van der Waals surface area contributed by atoms with Gasteiger partial charge >= 0.3 is 5.97 Å².